The second-order valence-electron chi connectivity index (χ2n) is 7.45. The summed E-state index contributed by atoms with van der Waals surface area (Å²) in [4.78, 5) is 12.6. The largest absolute Gasteiger partial charge is 0.455 e. The van der Waals surface area contributed by atoms with Crippen LogP contribution in [0.4, 0.5) is 5.69 Å². The number of hydrogen-bond donors (Lipinski definition) is 1. The van der Waals surface area contributed by atoms with Gasteiger partial charge in [-0.3, -0.25) is 4.79 Å². The van der Waals surface area contributed by atoms with Gasteiger partial charge in [-0.15, -0.1) is 11.8 Å². The zero-order valence-corrected chi connectivity index (χ0v) is 19.0. The second-order valence-corrected chi connectivity index (χ2v) is 10.9. The first-order chi connectivity index (χ1) is 14.4. The number of para-hydroxylation sites is 1. The summed E-state index contributed by atoms with van der Waals surface area (Å²) in [6.07, 6.45) is 2.78. The Labute approximate surface area is 183 Å². The van der Waals surface area contributed by atoms with E-state index in [1.165, 1.54) is 22.1 Å². The molecular formula is C22H28N2O4S2. The predicted octanol–water partition coefficient (Wildman–Crippen LogP) is 4.73. The smallest absolute Gasteiger partial charge is 0.243 e. The van der Waals surface area contributed by atoms with Gasteiger partial charge in [-0.05, 0) is 48.4 Å². The number of rotatable bonds is 8. The Hall–Kier alpha value is -2.03. The minimum Gasteiger partial charge on any atom is -0.455 e. The van der Waals surface area contributed by atoms with Crippen LogP contribution >= 0.6 is 11.8 Å². The van der Waals surface area contributed by atoms with Crippen LogP contribution in [0.2, 0.25) is 0 Å². The topological polar surface area (TPSA) is 75.7 Å². The first-order valence-electron chi connectivity index (χ1n) is 10.1. The SMILES string of the molecule is CC(C)SCC(=O)Nc1cc(S(=O)(=O)N2CCCCC2)ccc1Oc1ccccc1. The third kappa shape index (κ3) is 6.00. The highest BCUT2D eigenvalue weighted by molar-refractivity contribution is 8.00. The Balaban J connectivity index is 1.89. The van der Waals surface area contributed by atoms with Gasteiger partial charge < -0.3 is 10.1 Å². The molecule has 0 spiro atoms. The molecule has 1 fully saturated rings. The van der Waals surface area contributed by atoms with E-state index in [0.717, 1.165) is 19.3 Å². The molecule has 2 aromatic rings. The third-order valence-corrected chi connectivity index (χ3v) is 7.69. The molecule has 0 unspecified atom stereocenters. The van der Waals surface area contributed by atoms with Crippen LogP contribution in [-0.4, -0.2) is 42.7 Å². The van der Waals surface area contributed by atoms with E-state index in [2.05, 4.69) is 5.32 Å². The molecule has 0 radical (unpaired) electrons. The van der Waals surface area contributed by atoms with E-state index in [-0.39, 0.29) is 16.6 Å². The standard InChI is InChI=1S/C22H28N2O4S2/c1-17(2)29-16-22(25)23-20-15-19(30(26,27)24-13-7-4-8-14-24)11-12-21(20)28-18-9-5-3-6-10-18/h3,5-6,9-12,15,17H,4,7-8,13-14,16H2,1-2H3,(H,23,25). The summed E-state index contributed by atoms with van der Waals surface area (Å²) in [7, 11) is -3.61. The first-order valence-corrected chi connectivity index (χ1v) is 12.6. The normalized spacial score (nSPS) is 15.2. The number of ether oxygens (including phenoxy) is 1. The lowest BCUT2D eigenvalue weighted by Gasteiger charge is -2.26. The molecule has 1 amide bonds. The molecule has 3 rings (SSSR count). The number of thioether (sulfide) groups is 1. The molecule has 1 N–H and O–H groups in total. The number of sulfonamides is 1. The summed E-state index contributed by atoms with van der Waals surface area (Å²) in [5, 5.41) is 3.15. The summed E-state index contributed by atoms with van der Waals surface area (Å²) in [5.41, 5.74) is 0.353. The monoisotopic (exact) mass is 448 g/mol. The van der Waals surface area contributed by atoms with Gasteiger partial charge in [-0.25, -0.2) is 8.42 Å². The van der Waals surface area contributed by atoms with Crippen LogP contribution in [0.25, 0.3) is 0 Å². The fraction of sp³-hybridized carbons (Fsp3) is 0.409. The zero-order valence-electron chi connectivity index (χ0n) is 17.3. The average molecular weight is 449 g/mol. The Bertz CT molecular complexity index is 956. The lowest BCUT2D eigenvalue weighted by molar-refractivity contribution is -0.113. The molecular weight excluding hydrogens is 420 g/mol. The minimum absolute atomic E-state index is 0.164. The molecule has 1 saturated heterocycles. The van der Waals surface area contributed by atoms with Gasteiger partial charge in [0.2, 0.25) is 15.9 Å². The lowest BCUT2D eigenvalue weighted by atomic mass is 10.2. The van der Waals surface area contributed by atoms with Crippen molar-refractivity contribution in [3.05, 3.63) is 48.5 Å². The van der Waals surface area contributed by atoms with Crippen molar-refractivity contribution < 1.29 is 17.9 Å². The molecule has 6 nitrogen and oxygen atoms in total. The number of piperidine rings is 1. The highest BCUT2D eigenvalue weighted by Crippen LogP contribution is 2.33. The quantitative estimate of drug-likeness (QED) is 0.632. The summed E-state index contributed by atoms with van der Waals surface area (Å²) in [6.45, 7) is 5.09. The maximum atomic E-state index is 13.1. The maximum absolute atomic E-state index is 13.1. The van der Waals surface area contributed by atoms with Crippen molar-refractivity contribution in [2.24, 2.45) is 0 Å². The molecule has 0 aromatic heterocycles. The first kappa shape index (κ1) is 22.7. The van der Waals surface area contributed by atoms with E-state index in [1.807, 2.05) is 32.0 Å². The van der Waals surface area contributed by atoms with E-state index >= 15 is 0 Å². The maximum Gasteiger partial charge on any atom is 0.243 e. The van der Waals surface area contributed by atoms with E-state index in [0.29, 0.717) is 35.5 Å². The van der Waals surface area contributed by atoms with Crippen molar-refractivity contribution in [2.75, 3.05) is 24.2 Å². The Morgan fingerprint density at radius 1 is 1.10 bits per heavy atom. The molecule has 8 heteroatoms. The molecule has 1 heterocycles. The molecule has 0 atom stereocenters. The molecule has 30 heavy (non-hydrogen) atoms. The van der Waals surface area contributed by atoms with Crippen LogP contribution in [-0.2, 0) is 14.8 Å². The Kier molecular flexibility index (Phi) is 7.80. The summed E-state index contributed by atoms with van der Waals surface area (Å²) >= 11 is 1.52. The summed E-state index contributed by atoms with van der Waals surface area (Å²) < 4.78 is 33.6. The summed E-state index contributed by atoms with van der Waals surface area (Å²) in [6, 6.07) is 13.8. The number of hydrogen-bond acceptors (Lipinski definition) is 5. The lowest BCUT2D eigenvalue weighted by Crippen LogP contribution is -2.35. The van der Waals surface area contributed by atoms with Gasteiger partial charge >= 0.3 is 0 Å². The molecule has 162 valence electrons. The van der Waals surface area contributed by atoms with E-state index in [9.17, 15) is 13.2 Å². The van der Waals surface area contributed by atoms with Crippen molar-refractivity contribution in [1.29, 1.82) is 0 Å². The number of amides is 1. The number of carbonyl (C=O) groups excluding carboxylic acids is 1. The zero-order chi connectivity index (χ0) is 21.6. The average Bonchev–Trinajstić information content (AvgIpc) is 2.75. The van der Waals surface area contributed by atoms with E-state index in [1.54, 1.807) is 24.3 Å². The van der Waals surface area contributed by atoms with E-state index in [4.69, 9.17) is 4.74 Å². The van der Waals surface area contributed by atoms with Gasteiger partial charge in [0.25, 0.3) is 0 Å². The highest BCUT2D eigenvalue weighted by atomic mass is 32.2. The molecule has 0 aliphatic carbocycles. The molecule has 1 aliphatic heterocycles. The van der Waals surface area contributed by atoms with Crippen molar-refractivity contribution in [3.8, 4) is 11.5 Å². The van der Waals surface area contributed by atoms with Crippen LogP contribution in [0.5, 0.6) is 11.5 Å². The highest BCUT2D eigenvalue weighted by Gasteiger charge is 2.27. The van der Waals surface area contributed by atoms with Gasteiger partial charge in [0.1, 0.15) is 5.75 Å². The minimum atomic E-state index is -3.61. The second kappa shape index (κ2) is 10.3. The summed E-state index contributed by atoms with van der Waals surface area (Å²) in [5.74, 6) is 1.10. The van der Waals surface area contributed by atoms with Crippen molar-refractivity contribution >= 4 is 33.4 Å². The van der Waals surface area contributed by atoms with Gasteiger partial charge in [-0.1, -0.05) is 38.5 Å². The van der Waals surface area contributed by atoms with Gasteiger partial charge in [0.05, 0.1) is 16.3 Å². The van der Waals surface area contributed by atoms with Crippen LogP contribution in [0.15, 0.2) is 53.4 Å². The van der Waals surface area contributed by atoms with E-state index < -0.39 is 10.0 Å². The predicted molar refractivity (Wildman–Crippen MR) is 122 cm³/mol. The fourth-order valence-corrected chi connectivity index (χ4v) is 5.26. The van der Waals surface area contributed by atoms with Crippen LogP contribution in [0, 0.1) is 0 Å². The van der Waals surface area contributed by atoms with Gasteiger partial charge in [-0.2, -0.15) is 4.31 Å². The molecule has 0 bridgehead atoms. The van der Waals surface area contributed by atoms with Crippen LogP contribution < -0.4 is 10.1 Å². The molecule has 1 aliphatic rings. The molecule has 2 aromatic carbocycles. The van der Waals surface area contributed by atoms with Crippen LogP contribution in [0.3, 0.4) is 0 Å². The molecule has 0 saturated carbocycles. The fourth-order valence-electron chi connectivity index (χ4n) is 3.15. The van der Waals surface area contributed by atoms with Crippen LogP contribution in [0.1, 0.15) is 33.1 Å². The Morgan fingerprint density at radius 3 is 2.47 bits per heavy atom. The van der Waals surface area contributed by atoms with Crippen molar-refractivity contribution in [2.45, 2.75) is 43.3 Å². The van der Waals surface area contributed by atoms with Crippen molar-refractivity contribution in [3.63, 3.8) is 0 Å². The van der Waals surface area contributed by atoms with Crippen molar-refractivity contribution in [1.82, 2.24) is 4.31 Å². The number of carbonyl (C=O) groups is 1. The number of benzene rings is 2. The number of anilines is 1. The van der Waals surface area contributed by atoms with Gasteiger partial charge in [0.15, 0.2) is 5.75 Å². The van der Waals surface area contributed by atoms with Gasteiger partial charge in [0, 0.05) is 13.1 Å². The number of nitrogens with zero attached hydrogens (tertiary/aromatic N) is 1. The Morgan fingerprint density at radius 2 is 1.80 bits per heavy atom. The number of nitrogens with one attached hydrogen (secondary N) is 1. The third-order valence-electron chi connectivity index (χ3n) is 4.70.